The first-order chi connectivity index (χ1) is 7.66. The van der Waals surface area contributed by atoms with E-state index in [0.717, 1.165) is 25.2 Å². The molecule has 3 heteroatoms. The van der Waals surface area contributed by atoms with Gasteiger partial charge in [-0.3, -0.25) is 4.90 Å². The normalized spacial score (nSPS) is 18.9. The van der Waals surface area contributed by atoms with Crippen LogP contribution in [-0.2, 0) is 6.54 Å². The number of nitrogens with zero attached hydrogens (tertiary/aromatic N) is 1. The molecule has 1 aromatic rings. The summed E-state index contributed by atoms with van der Waals surface area (Å²) in [5, 5.41) is 0. The lowest BCUT2D eigenvalue weighted by Gasteiger charge is -2.16. The third-order valence-electron chi connectivity index (χ3n) is 3.16. The molecule has 2 N–H and O–H groups in total. The minimum atomic E-state index is -0.237. The molecule has 1 unspecified atom stereocenters. The van der Waals surface area contributed by atoms with Gasteiger partial charge in [0.1, 0.15) is 5.82 Å². The molecule has 2 rings (SSSR count). The van der Waals surface area contributed by atoms with Crippen LogP contribution in [0.1, 0.15) is 36.9 Å². The van der Waals surface area contributed by atoms with E-state index < -0.39 is 0 Å². The molecule has 0 bridgehead atoms. The summed E-state index contributed by atoms with van der Waals surface area (Å²) in [4.78, 5) is 2.40. The van der Waals surface area contributed by atoms with Gasteiger partial charge in [0.15, 0.2) is 0 Å². The number of likely N-dealkylation sites (tertiary alicyclic amines) is 1. The molecule has 1 aliphatic rings. The molecule has 1 saturated heterocycles. The van der Waals surface area contributed by atoms with E-state index in [1.165, 1.54) is 18.9 Å². The fourth-order valence-corrected chi connectivity index (χ4v) is 2.24. The molecule has 88 valence electrons. The van der Waals surface area contributed by atoms with Crippen molar-refractivity contribution in [2.75, 3.05) is 13.1 Å². The molecule has 0 saturated carbocycles. The Morgan fingerprint density at radius 1 is 1.38 bits per heavy atom. The van der Waals surface area contributed by atoms with Gasteiger partial charge in [-0.25, -0.2) is 4.39 Å². The maximum atomic E-state index is 13.4. The number of halogens is 1. The average molecular weight is 222 g/mol. The highest BCUT2D eigenvalue weighted by molar-refractivity contribution is 5.27. The summed E-state index contributed by atoms with van der Waals surface area (Å²) in [5.41, 5.74) is 7.52. The van der Waals surface area contributed by atoms with E-state index in [1.807, 2.05) is 19.1 Å². The van der Waals surface area contributed by atoms with Crippen molar-refractivity contribution in [2.24, 2.45) is 5.73 Å². The minimum Gasteiger partial charge on any atom is -0.324 e. The molecule has 0 aromatic heterocycles. The van der Waals surface area contributed by atoms with E-state index in [9.17, 15) is 4.39 Å². The first-order valence-electron chi connectivity index (χ1n) is 5.93. The van der Waals surface area contributed by atoms with Crippen molar-refractivity contribution in [3.8, 4) is 0 Å². The lowest BCUT2D eigenvalue weighted by molar-refractivity contribution is 0.331. The van der Waals surface area contributed by atoms with Gasteiger partial charge < -0.3 is 5.73 Å². The van der Waals surface area contributed by atoms with Crippen LogP contribution >= 0.6 is 0 Å². The third kappa shape index (κ3) is 2.60. The number of hydrogen-bond donors (Lipinski definition) is 1. The van der Waals surface area contributed by atoms with E-state index >= 15 is 0 Å². The van der Waals surface area contributed by atoms with Crippen molar-refractivity contribution in [3.05, 3.63) is 35.1 Å². The predicted molar refractivity (Wildman–Crippen MR) is 63.5 cm³/mol. The van der Waals surface area contributed by atoms with E-state index in [-0.39, 0.29) is 11.9 Å². The molecule has 0 amide bonds. The fraction of sp³-hybridized carbons (Fsp3) is 0.538. The van der Waals surface area contributed by atoms with Gasteiger partial charge in [-0.2, -0.15) is 0 Å². The molecular formula is C13H19FN2. The molecule has 1 aliphatic heterocycles. The van der Waals surface area contributed by atoms with Gasteiger partial charge in [-0.05, 0) is 44.5 Å². The van der Waals surface area contributed by atoms with Crippen LogP contribution in [0.2, 0.25) is 0 Å². The highest BCUT2D eigenvalue weighted by Gasteiger charge is 2.13. The van der Waals surface area contributed by atoms with E-state index in [0.29, 0.717) is 5.56 Å². The molecule has 1 aromatic carbocycles. The van der Waals surface area contributed by atoms with Crippen LogP contribution in [0.15, 0.2) is 18.2 Å². The molecule has 1 fully saturated rings. The van der Waals surface area contributed by atoms with Crippen LogP contribution in [0.25, 0.3) is 0 Å². The standard InChI is InChI=1S/C13H19FN2/c1-10(15)12-8-11(4-5-13(12)14)9-16-6-2-3-7-16/h4-5,8,10H,2-3,6-7,9,15H2,1H3. The largest absolute Gasteiger partial charge is 0.324 e. The number of benzene rings is 1. The molecule has 0 spiro atoms. The lowest BCUT2D eigenvalue weighted by Crippen LogP contribution is -2.19. The Balaban J connectivity index is 2.12. The SMILES string of the molecule is CC(N)c1cc(CN2CCCC2)ccc1F. The monoisotopic (exact) mass is 222 g/mol. The van der Waals surface area contributed by atoms with Gasteiger partial charge >= 0.3 is 0 Å². The van der Waals surface area contributed by atoms with Crippen molar-refractivity contribution in [1.82, 2.24) is 4.90 Å². The first kappa shape index (κ1) is 11.6. The fourth-order valence-electron chi connectivity index (χ4n) is 2.24. The van der Waals surface area contributed by atoms with E-state index in [4.69, 9.17) is 5.73 Å². The second-order valence-electron chi connectivity index (χ2n) is 4.63. The van der Waals surface area contributed by atoms with Crippen molar-refractivity contribution >= 4 is 0 Å². The van der Waals surface area contributed by atoms with Crippen molar-refractivity contribution in [1.29, 1.82) is 0 Å². The van der Waals surface area contributed by atoms with Gasteiger partial charge in [0.05, 0.1) is 0 Å². The Labute approximate surface area is 96.2 Å². The van der Waals surface area contributed by atoms with Crippen LogP contribution in [0.4, 0.5) is 4.39 Å². The number of nitrogens with two attached hydrogens (primary N) is 1. The van der Waals surface area contributed by atoms with Crippen LogP contribution < -0.4 is 5.73 Å². The predicted octanol–water partition coefficient (Wildman–Crippen LogP) is 2.44. The van der Waals surface area contributed by atoms with Crippen LogP contribution in [0, 0.1) is 5.82 Å². The number of hydrogen-bond acceptors (Lipinski definition) is 2. The van der Waals surface area contributed by atoms with Crippen molar-refractivity contribution in [2.45, 2.75) is 32.4 Å². The summed E-state index contributed by atoms with van der Waals surface area (Å²) in [6, 6.07) is 5.06. The van der Waals surface area contributed by atoms with Crippen LogP contribution in [-0.4, -0.2) is 18.0 Å². The zero-order valence-corrected chi connectivity index (χ0v) is 9.75. The second-order valence-corrected chi connectivity index (χ2v) is 4.63. The summed E-state index contributed by atoms with van der Waals surface area (Å²) in [5.74, 6) is -0.194. The van der Waals surface area contributed by atoms with Crippen molar-refractivity contribution < 1.29 is 4.39 Å². The topological polar surface area (TPSA) is 29.3 Å². The van der Waals surface area contributed by atoms with E-state index in [2.05, 4.69) is 4.90 Å². The average Bonchev–Trinajstić information content (AvgIpc) is 2.73. The Bertz CT molecular complexity index is 357. The summed E-state index contributed by atoms with van der Waals surface area (Å²) < 4.78 is 13.4. The molecule has 2 nitrogen and oxygen atoms in total. The summed E-state index contributed by atoms with van der Waals surface area (Å²) in [6.45, 7) is 5.05. The van der Waals surface area contributed by atoms with Gasteiger partial charge in [0.25, 0.3) is 0 Å². The Hall–Kier alpha value is -0.930. The molecule has 16 heavy (non-hydrogen) atoms. The summed E-state index contributed by atoms with van der Waals surface area (Å²) in [6.07, 6.45) is 2.56. The lowest BCUT2D eigenvalue weighted by atomic mass is 10.0. The Kier molecular flexibility index (Phi) is 3.56. The Morgan fingerprint density at radius 2 is 2.06 bits per heavy atom. The van der Waals surface area contributed by atoms with E-state index in [1.54, 1.807) is 0 Å². The third-order valence-corrected chi connectivity index (χ3v) is 3.16. The molecule has 1 atom stereocenters. The Morgan fingerprint density at radius 3 is 2.69 bits per heavy atom. The van der Waals surface area contributed by atoms with Gasteiger partial charge in [-0.15, -0.1) is 0 Å². The first-order valence-corrected chi connectivity index (χ1v) is 5.93. The van der Waals surface area contributed by atoms with Gasteiger partial charge in [0.2, 0.25) is 0 Å². The quantitative estimate of drug-likeness (QED) is 0.851. The summed E-state index contributed by atoms with van der Waals surface area (Å²) >= 11 is 0. The highest BCUT2D eigenvalue weighted by Crippen LogP contribution is 2.19. The number of rotatable bonds is 3. The smallest absolute Gasteiger partial charge is 0.127 e. The van der Waals surface area contributed by atoms with Gasteiger partial charge in [0, 0.05) is 18.2 Å². The zero-order chi connectivity index (χ0) is 11.5. The molecule has 1 heterocycles. The molecule has 0 radical (unpaired) electrons. The van der Waals surface area contributed by atoms with Crippen molar-refractivity contribution in [3.63, 3.8) is 0 Å². The molecule has 0 aliphatic carbocycles. The second kappa shape index (κ2) is 4.93. The molecular weight excluding hydrogens is 203 g/mol. The zero-order valence-electron chi connectivity index (χ0n) is 9.75. The van der Waals surface area contributed by atoms with Crippen LogP contribution in [0.5, 0.6) is 0 Å². The minimum absolute atomic E-state index is 0.194. The maximum absolute atomic E-state index is 13.4. The maximum Gasteiger partial charge on any atom is 0.127 e. The highest BCUT2D eigenvalue weighted by atomic mass is 19.1. The van der Waals surface area contributed by atoms with Gasteiger partial charge in [-0.1, -0.05) is 12.1 Å². The summed E-state index contributed by atoms with van der Waals surface area (Å²) in [7, 11) is 0. The van der Waals surface area contributed by atoms with Crippen LogP contribution in [0.3, 0.4) is 0 Å².